The van der Waals surface area contributed by atoms with E-state index in [0.717, 1.165) is 43.2 Å². The van der Waals surface area contributed by atoms with Crippen LogP contribution in [0, 0.1) is 0 Å². The Morgan fingerprint density at radius 2 is 2.00 bits per heavy atom. The predicted molar refractivity (Wildman–Crippen MR) is 87.7 cm³/mol. The number of aryl methyl sites for hydroxylation is 1. The van der Waals surface area contributed by atoms with Gasteiger partial charge in [-0.25, -0.2) is 4.79 Å². The monoisotopic (exact) mass is 320 g/mol. The minimum absolute atomic E-state index is 0.463. The Balaban J connectivity index is 2.00. The van der Waals surface area contributed by atoms with Gasteiger partial charge in [-0.15, -0.1) is 0 Å². The van der Waals surface area contributed by atoms with Crippen LogP contribution in [0.2, 0.25) is 0 Å². The molecule has 1 N–H and O–H groups in total. The van der Waals surface area contributed by atoms with Gasteiger partial charge in [0.1, 0.15) is 11.5 Å². The zero-order valence-electron chi connectivity index (χ0n) is 14.0. The molecule has 6 heteroatoms. The number of rotatable bonds is 3. The van der Waals surface area contributed by atoms with Crippen molar-refractivity contribution in [2.75, 3.05) is 45.2 Å². The second-order valence-corrected chi connectivity index (χ2v) is 6.56. The van der Waals surface area contributed by atoms with Crippen LogP contribution in [0.3, 0.4) is 0 Å². The Morgan fingerprint density at radius 1 is 1.30 bits per heavy atom. The number of likely N-dealkylation sites (N-methyl/N-ethyl adjacent to an activating group) is 1. The standard InChI is InChI=1S/C17H24N2O4/c1-17(16(20)21)5-4-12-10-13(22-3)11-14(15(12)23-17)19-8-6-18(2)7-9-19/h10-11H,4-9H2,1-3H3,(H,20,21). The maximum atomic E-state index is 11.6. The molecule has 0 spiro atoms. The van der Waals surface area contributed by atoms with E-state index in [1.807, 2.05) is 12.1 Å². The molecule has 0 aliphatic carbocycles. The molecular weight excluding hydrogens is 296 g/mol. The fourth-order valence-electron chi connectivity index (χ4n) is 3.15. The lowest BCUT2D eigenvalue weighted by Gasteiger charge is -2.39. The number of ether oxygens (including phenoxy) is 2. The highest BCUT2D eigenvalue weighted by Gasteiger charge is 2.40. The number of hydrogen-bond donors (Lipinski definition) is 1. The number of nitrogens with zero attached hydrogens (tertiary/aromatic N) is 2. The van der Waals surface area contributed by atoms with Gasteiger partial charge in [0.25, 0.3) is 0 Å². The quantitative estimate of drug-likeness (QED) is 0.913. The van der Waals surface area contributed by atoms with Crippen molar-refractivity contribution in [2.24, 2.45) is 0 Å². The van der Waals surface area contributed by atoms with Crippen molar-refractivity contribution >= 4 is 11.7 Å². The van der Waals surface area contributed by atoms with Gasteiger partial charge in [-0.05, 0) is 26.5 Å². The molecule has 2 aliphatic heterocycles. The molecule has 0 aromatic heterocycles. The molecule has 23 heavy (non-hydrogen) atoms. The third-order valence-electron chi connectivity index (χ3n) is 4.85. The Hall–Kier alpha value is -1.95. The van der Waals surface area contributed by atoms with E-state index in [9.17, 15) is 9.90 Å². The van der Waals surface area contributed by atoms with Gasteiger partial charge in [-0.2, -0.15) is 0 Å². The maximum absolute atomic E-state index is 11.6. The summed E-state index contributed by atoms with van der Waals surface area (Å²) >= 11 is 0. The molecular formula is C17H24N2O4. The highest BCUT2D eigenvalue weighted by Crippen LogP contribution is 2.43. The van der Waals surface area contributed by atoms with E-state index < -0.39 is 11.6 Å². The molecule has 1 unspecified atom stereocenters. The third-order valence-corrected chi connectivity index (χ3v) is 4.85. The molecule has 0 saturated carbocycles. The van der Waals surface area contributed by atoms with E-state index in [0.29, 0.717) is 18.6 Å². The minimum Gasteiger partial charge on any atom is -0.497 e. The summed E-state index contributed by atoms with van der Waals surface area (Å²) in [5.41, 5.74) is 0.805. The molecule has 0 amide bonds. The average Bonchev–Trinajstić information content (AvgIpc) is 2.54. The number of methoxy groups -OCH3 is 1. The van der Waals surface area contributed by atoms with Gasteiger partial charge in [-0.3, -0.25) is 0 Å². The predicted octanol–water partition coefficient (Wildman–Crippen LogP) is 1.62. The third kappa shape index (κ3) is 2.95. The van der Waals surface area contributed by atoms with E-state index in [1.165, 1.54) is 0 Å². The van der Waals surface area contributed by atoms with Crippen LogP contribution in [0.25, 0.3) is 0 Å². The fraction of sp³-hybridized carbons (Fsp3) is 0.588. The molecule has 0 radical (unpaired) electrons. The van der Waals surface area contributed by atoms with Crippen molar-refractivity contribution in [3.63, 3.8) is 0 Å². The maximum Gasteiger partial charge on any atom is 0.347 e. The fourth-order valence-corrected chi connectivity index (χ4v) is 3.15. The summed E-state index contributed by atoms with van der Waals surface area (Å²) in [4.78, 5) is 16.1. The van der Waals surface area contributed by atoms with Crippen molar-refractivity contribution in [2.45, 2.75) is 25.4 Å². The molecule has 0 bridgehead atoms. The SMILES string of the molecule is COc1cc2c(c(N3CCN(C)CC3)c1)OC(C)(C(=O)O)CC2. The van der Waals surface area contributed by atoms with Crippen molar-refractivity contribution in [3.8, 4) is 11.5 Å². The summed E-state index contributed by atoms with van der Waals surface area (Å²) in [6.07, 6.45) is 1.14. The van der Waals surface area contributed by atoms with Gasteiger partial charge >= 0.3 is 5.97 Å². The van der Waals surface area contributed by atoms with Crippen LogP contribution >= 0.6 is 0 Å². The van der Waals surface area contributed by atoms with Crippen LogP contribution in [0.5, 0.6) is 11.5 Å². The van der Waals surface area contributed by atoms with Gasteiger partial charge in [-0.1, -0.05) is 0 Å². The summed E-state index contributed by atoms with van der Waals surface area (Å²) in [7, 11) is 3.76. The number of aliphatic carboxylic acids is 1. The Bertz CT molecular complexity index is 611. The van der Waals surface area contributed by atoms with Gasteiger partial charge in [0.15, 0.2) is 0 Å². The largest absolute Gasteiger partial charge is 0.497 e. The number of fused-ring (bicyclic) bond motifs is 1. The number of hydrogen-bond acceptors (Lipinski definition) is 5. The first-order valence-corrected chi connectivity index (χ1v) is 8.00. The summed E-state index contributed by atoms with van der Waals surface area (Å²) in [6, 6.07) is 3.91. The van der Waals surface area contributed by atoms with Gasteiger partial charge < -0.3 is 24.4 Å². The van der Waals surface area contributed by atoms with Gasteiger partial charge in [0.2, 0.25) is 5.60 Å². The summed E-state index contributed by atoms with van der Waals surface area (Å²) in [5.74, 6) is 0.579. The molecule has 1 atom stereocenters. The minimum atomic E-state index is -1.16. The smallest absolute Gasteiger partial charge is 0.347 e. The first kappa shape index (κ1) is 15.9. The van der Waals surface area contributed by atoms with Crippen LogP contribution in [0.4, 0.5) is 5.69 Å². The molecule has 126 valence electrons. The first-order chi connectivity index (χ1) is 10.9. The molecule has 6 nitrogen and oxygen atoms in total. The van der Waals surface area contributed by atoms with Crippen LogP contribution < -0.4 is 14.4 Å². The second-order valence-electron chi connectivity index (χ2n) is 6.56. The van der Waals surface area contributed by atoms with Gasteiger partial charge in [0, 0.05) is 44.2 Å². The van der Waals surface area contributed by atoms with Crippen LogP contribution in [-0.4, -0.2) is 61.9 Å². The molecule has 1 saturated heterocycles. The zero-order valence-corrected chi connectivity index (χ0v) is 14.0. The summed E-state index contributed by atoms with van der Waals surface area (Å²) < 4.78 is 11.4. The molecule has 2 aliphatic rings. The molecule has 2 heterocycles. The summed E-state index contributed by atoms with van der Waals surface area (Å²) in [6.45, 7) is 5.38. The number of carboxylic acid groups (broad SMARTS) is 1. The van der Waals surface area contributed by atoms with Crippen molar-refractivity contribution in [1.82, 2.24) is 4.90 Å². The van der Waals surface area contributed by atoms with Crippen LogP contribution in [-0.2, 0) is 11.2 Å². The highest BCUT2D eigenvalue weighted by molar-refractivity contribution is 5.79. The number of carboxylic acids is 1. The van der Waals surface area contributed by atoms with Crippen LogP contribution in [0.15, 0.2) is 12.1 Å². The van der Waals surface area contributed by atoms with E-state index in [-0.39, 0.29) is 0 Å². The molecule has 1 aromatic rings. The molecule has 3 rings (SSSR count). The highest BCUT2D eigenvalue weighted by atomic mass is 16.5. The lowest BCUT2D eigenvalue weighted by molar-refractivity contribution is -0.155. The topological polar surface area (TPSA) is 62.2 Å². The average molecular weight is 320 g/mol. The number of piperazine rings is 1. The van der Waals surface area contributed by atoms with Crippen LogP contribution in [0.1, 0.15) is 18.9 Å². The first-order valence-electron chi connectivity index (χ1n) is 8.00. The molecule has 1 aromatic carbocycles. The number of carbonyl (C=O) groups is 1. The number of anilines is 1. The number of benzene rings is 1. The second kappa shape index (κ2) is 5.92. The van der Waals surface area contributed by atoms with E-state index in [1.54, 1.807) is 14.0 Å². The van der Waals surface area contributed by atoms with E-state index in [2.05, 4.69) is 16.8 Å². The molecule has 1 fully saturated rings. The van der Waals surface area contributed by atoms with E-state index >= 15 is 0 Å². The Morgan fingerprint density at radius 3 is 2.61 bits per heavy atom. The van der Waals surface area contributed by atoms with Crippen molar-refractivity contribution in [1.29, 1.82) is 0 Å². The van der Waals surface area contributed by atoms with Crippen molar-refractivity contribution in [3.05, 3.63) is 17.7 Å². The lowest BCUT2D eigenvalue weighted by Crippen LogP contribution is -2.47. The van der Waals surface area contributed by atoms with Crippen molar-refractivity contribution < 1.29 is 19.4 Å². The lowest BCUT2D eigenvalue weighted by atomic mass is 9.92. The normalized spacial score (nSPS) is 24.7. The Kier molecular flexibility index (Phi) is 4.10. The van der Waals surface area contributed by atoms with Gasteiger partial charge in [0.05, 0.1) is 12.8 Å². The van der Waals surface area contributed by atoms with E-state index in [4.69, 9.17) is 9.47 Å². The summed E-state index contributed by atoms with van der Waals surface area (Å²) in [5, 5.41) is 9.49. The Labute approximate surface area is 136 Å². The zero-order chi connectivity index (χ0) is 16.6.